The lowest BCUT2D eigenvalue weighted by molar-refractivity contribution is -0.128. The Hall–Kier alpha value is -0.280. The predicted molar refractivity (Wildman–Crippen MR) is 72.4 cm³/mol. The zero-order valence-corrected chi connectivity index (χ0v) is 12.2. The van der Waals surface area contributed by atoms with E-state index in [0.717, 1.165) is 6.54 Å². The lowest BCUT2D eigenvalue weighted by atomic mass is 9.92. The van der Waals surface area contributed by atoms with E-state index in [4.69, 9.17) is 11.6 Å². The number of carbonyl (C=O) groups is 1. The van der Waals surface area contributed by atoms with Gasteiger partial charge in [0.05, 0.1) is 5.41 Å². The maximum Gasteiger partial charge on any atom is 0.226 e. The summed E-state index contributed by atoms with van der Waals surface area (Å²) in [6.07, 6.45) is 4.85. The molecule has 1 N–H and O–H groups in total. The molecule has 1 rings (SSSR count). The van der Waals surface area contributed by atoms with Crippen molar-refractivity contribution in [2.24, 2.45) is 5.41 Å². The largest absolute Gasteiger partial charge is 0.354 e. The van der Waals surface area contributed by atoms with Gasteiger partial charge in [-0.3, -0.25) is 4.79 Å². The molecule has 100 valence electrons. The fraction of sp³-hybridized carbons (Fsp3) is 0.923. The molecule has 3 nitrogen and oxygen atoms in total. The van der Waals surface area contributed by atoms with Gasteiger partial charge in [-0.2, -0.15) is 0 Å². The van der Waals surface area contributed by atoms with Gasteiger partial charge in [0.1, 0.15) is 0 Å². The molecule has 17 heavy (non-hydrogen) atoms. The van der Waals surface area contributed by atoms with E-state index in [-0.39, 0.29) is 11.4 Å². The zero-order chi connectivity index (χ0) is 13.1. The third-order valence-electron chi connectivity index (χ3n) is 4.01. The van der Waals surface area contributed by atoms with Gasteiger partial charge in [0, 0.05) is 18.0 Å². The molecule has 0 atom stereocenters. The van der Waals surface area contributed by atoms with Crippen molar-refractivity contribution in [1.82, 2.24) is 10.2 Å². The number of hydrogen-bond acceptors (Lipinski definition) is 2. The van der Waals surface area contributed by atoms with Crippen LogP contribution in [0, 0.1) is 5.41 Å². The first kappa shape index (κ1) is 14.8. The Labute approximate surface area is 110 Å². The minimum absolute atomic E-state index is 0.0561. The van der Waals surface area contributed by atoms with E-state index in [1.165, 1.54) is 25.7 Å². The van der Waals surface area contributed by atoms with E-state index in [0.29, 0.717) is 5.88 Å². The summed E-state index contributed by atoms with van der Waals surface area (Å²) < 4.78 is 0. The molecular weight excluding hydrogens is 236 g/mol. The number of likely N-dealkylation sites (N-methyl/N-ethyl adjacent to an activating group) is 1. The van der Waals surface area contributed by atoms with E-state index in [2.05, 4.69) is 24.3 Å². The lowest BCUT2D eigenvalue weighted by Crippen LogP contribution is -2.53. The Bertz CT molecular complexity index is 271. The molecular formula is C13H25ClN2O. The van der Waals surface area contributed by atoms with Gasteiger partial charge in [0.2, 0.25) is 5.91 Å². The van der Waals surface area contributed by atoms with Crippen LogP contribution >= 0.6 is 11.6 Å². The van der Waals surface area contributed by atoms with Gasteiger partial charge in [-0.25, -0.2) is 0 Å². The Morgan fingerprint density at radius 1 is 1.35 bits per heavy atom. The van der Waals surface area contributed by atoms with Crippen molar-refractivity contribution in [2.45, 2.75) is 45.1 Å². The molecule has 0 heterocycles. The quantitative estimate of drug-likeness (QED) is 0.769. The smallest absolute Gasteiger partial charge is 0.226 e. The van der Waals surface area contributed by atoms with Gasteiger partial charge in [-0.05, 0) is 40.8 Å². The van der Waals surface area contributed by atoms with Crippen molar-refractivity contribution >= 4 is 17.5 Å². The molecule has 0 unspecified atom stereocenters. The van der Waals surface area contributed by atoms with E-state index in [1.54, 1.807) is 0 Å². The van der Waals surface area contributed by atoms with Crippen LogP contribution in [0.25, 0.3) is 0 Å². The second-order valence-electron chi connectivity index (χ2n) is 6.03. The van der Waals surface area contributed by atoms with Gasteiger partial charge in [0.15, 0.2) is 0 Å². The van der Waals surface area contributed by atoms with Crippen LogP contribution in [-0.4, -0.2) is 42.9 Å². The molecule has 0 saturated heterocycles. The number of halogens is 1. The summed E-state index contributed by atoms with van der Waals surface area (Å²) in [4.78, 5) is 14.3. The molecule has 0 bridgehead atoms. The lowest BCUT2D eigenvalue weighted by Gasteiger charge is -2.37. The standard InChI is InChI=1S/C13H25ClN2O/c1-12(2,9-14)11(17)15-10-13(16(3)4)7-5-6-8-13/h5-10H2,1-4H3,(H,15,17). The highest BCUT2D eigenvalue weighted by atomic mass is 35.5. The van der Waals surface area contributed by atoms with Crippen LogP contribution in [0.15, 0.2) is 0 Å². The van der Waals surface area contributed by atoms with Gasteiger partial charge in [-0.1, -0.05) is 12.8 Å². The summed E-state index contributed by atoms with van der Waals surface area (Å²) in [6.45, 7) is 4.50. The Morgan fingerprint density at radius 3 is 2.29 bits per heavy atom. The molecule has 0 spiro atoms. The van der Waals surface area contributed by atoms with E-state index in [1.807, 2.05) is 13.8 Å². The van der Waals surface area contributed by atoms with Gasteiger partial charge in [-0.15, -0.1) is 11.6 Å². The summed E-state index contributed by atoms with van der Waals surface area (Å²) in [5.74, 6) is 0.411. The SMILES string of the molecule is CN(C)C1(CNC(=O)C(C)(C)CCl)CCCC1. The third kappa shape index (κ3) is 3.35. The summed E-state index contributed by atoms with van der Waals surface area (Å²) in [6, 6.07) is 0. The number of amides is 1. The van der Waals surface area contributed by atoms with Crippen LogP contribution in [0.2, 0.25) is 0 Å². The summed E-state index contributed by atoms with van der Waals surface area (Å²) in [7, 11) is 4.20. The number of nitrogens with one attached hydrogen (secondary N) is 1. The van der Waals surface area contributed by atoms with Crippen LogP contribution in [0.4, 0.5) is 0 Å². The highest BCUT2D eigenvalue weighted by Crippen LogP contribution is 2.33. The first-order chi connectivity index (χ1) is 7.84. The summed E-state index contributed by atoms with van der Waals surface area (Å²) >= 11 is 5.81. The number of alkyl halides is 1. The molecule has 0 aromatic carbocycles. The van der Waals surface area contributed by atoms with Crippen molar-refractivity contribution < 1.29 is 4.79 Å². The third-order valence-corrected chi connectivity index (χ3v) is 4.68. The van der Waals surface area contributed by atoms with Crippen LogP contribution < -0.4 is 5.32 Å². The van der Waals surface area contributed by atoms with Crippen molar-refractivity contribution in [1.29, 1.82) is 0 Å². The van der Waals surface area contributed by atoms with Gasteiger partial charge in [0.25, 0.3) is 0 Å². The second kappa shape index (κ2) is 5.57. The Balaban J connectivity index is 2.57. The Kier molecular flexibility index (Phi) is 4.85. The maximum absolute atomic E-state index is 12.0. The fourth-order valence-electron chi connectivity index (χ4n) is 2.36. The van der Waals surface area contributed by atoms with Crippen LogP contribution in [-0.2, 0) is 4.79 Å². The minimum atomic E-state index is -0.479. The fourth-order valence-corrected chi connectivity index (χ4v) is 2.48. The molecule has 0 aliphatic heterocycles. The predicted octanol–water partition coefficient (Wildman–Crippen LogP) is 2.24. The second-order valence-corrected chi connectivity index (χ2v) is 6.29. The molecule has 1 aliphatic carbocycles. The number of carbonyl (C=O) groups excluding carboxylic acids is 1. The highest BCUT2D eigenvalue weighted by molar-refractivity contribution is 6.19. The maximum atomic E-state index is 12.0. The number of nitrogens with zero attached hydrogens (tertiary/aromatic N) is 1. The molecule has 0 aromatic rings. The molecule has 4 heteroatoms. The first-order valence-electron chi connectivity index (χ1n) is 6.36. The summed E-state index contributed by atoms with van der Waals surface area (Å²) in [5.41, 5.74) is -0.328. The minimum Gasteiger partial charge on any atom is -0.354 e. The summed E-state index contributed by atoms with van der Waals surface area (Å²) in [5, 5.41) is 3.07. The average molecular weight is 261 g/mol. The van der Waals surface area contributed by atoms with Crippen LogP contribution in [0.3, 0.4) is 0 Å². The van der Waals surface area contributed by atoms with Crippen LogP contribution in [0.1, 0.15) is 39.5 Å². The number of hydrogen-bond donors (Lipinski definition) is 1. The molecule has 0 aromatic heterocycles. The van der Waals surface area contributed by atoms with Crippen molar-refractivity contribution in [2.75, 3.05) is 26.5 Å². The van der Waals surface area contributed by atoms with Crippen molar-refractivity contribution in [3.05, 3.63) is 0 Å². The topological polar surface area (TPSA) is 32.3 Å². The van der Waals surface area contributed by atoms with Gasteiger partial charge < -0.3 is 10.2 Å². The van der Waals surface area contributed by atoms with Gasteiger partial charge >= 0.3 is 0 Å². The average Bonchev–Trinajstić information content (AvgIpc) is 2.75. The van der Waals surface area contributed by atoms with E-state index < -0.39 is 5.41 Å². The molecule has 1 saturated carbocycles. The van der Waals surface area contributed by atoms with E-state index in [9.17, 15) is 4.79 Å². The highest BCUT2D eigenvalue weighted by Gasteiger charge is 2.37. The first-order valence-corrected chi connectivity index (χ1v) is 6.89. The zero-order valence-electron chi connectivity index (χ0n) is 11.5. The van der Waals surface area contributed by atoms with Crippen molar-refractivity contribution in [3.63, 3.8) is 0 Å². The monoisotopic (exact) mass is 260 g/mol. The van der Waals surface area contributed by atoms with Crippen LogP contribution in [0.5, 0.6) is 0 Å². The number of rotatable bonds is 5. The molecule has 1 amide bonds. The molecule has 1 aliphatic rings. The van der Waals surface area contributed by atoms with Crippen molar-refractivity contribution in [3.8, 4) is 0 Å². The van der Waals surface area contributed by atoms with E-state index >= 15 is 0 Å². The Morgan fingerprint density at radius 2 is 1.88 bits per heavy atom. The molecule has 1 fully saturated rings. The normalized spacial score (nSPS) is 19.6. The molecule has 0 radical (unpaired) electrons.